The zero-order valence-corrected chi connectivity index (χ0v) is 36.9. The fraction of sp³-hybridized carbons (Fsp3) is 0.741. The van der Waals surface area contributed by atoms with Crippen LogP contribution in [0.2, 0.25) is 0 Å². The molecule has 0 saturated carbocycles. The summed E-state index contributed by atoms with van der Waals surface area (Å²) in [6, 6.07) is 0. The minimum atomic E-state index is -1.08. The number of nitrogens with two attached hydrogens (primary N) is 4. The van der Waals surface area contributed by atoms with Gasteiger partial charge in [0.15, 0.2) is 0 Å². The van der Waals surface area contributed by atoms with Gasteiger partial charge in [-0.15, -0.1) is 0 Å². The number of alkyl halides is 1. The van der Waals surface area contributed by atoms with Crippen LogP contribution >= 0.6 is 37.7 Å². The van der Waals surface area contributed by atoms with Crippen molar-refractivity contribution in [3.8, 4) is 0 Å². The zero-order chi connectivity index (χ0) is 39.2. The molecule has 0 atom stereocenters. The van der Waals surface area contributed by atoms with E-state index in [2.05, 4.69) is 25.5 Å². The Morgan fingerprint density at radius 2 is 0.673 bits per heavy atom. The van der Waals surface area contributed by atoms with Gasteiger partial charge in [-0.2, -0.15) is 0 Å². The number of esters is 2. The predicted molar refractivity (Wildman–Crippen MR) is 195 cm³/mol. The van der Waals surface area contributed by atoms with Crippen molar-refractivity contribution in [3.05, 3.63) is 24.6 Å². The Bertz CT molecular complexity index is 733. The fourth-order valence-corrected chi connectivity index (χ4v) is 2.22. The number of hydrogen-bond acceptors (Lipinski definition) is 8. The third-order valence-corrected chi connectivity index (χ3v) is 4.30. The summed E-state index contributed by atoms with van der Waals surface area (Å²) in [5.41, 5.74) is 0. The van der Waals surface area contributed by atoms with Gasteiger partial charge in [0, 0.05) is 19.3 Å². The number of carbonyl (C=O) groups excluding carboxylic acids is 2. The molecule has 18 nitrogen and oxygen atoms in total. The van der Waals surface area contributed by atoms with E-state index in [9.17, 15) is 38.0 Å². The third kappa shape index (κ3) is 144. The third-order valence-electron chi connectivity index (χ3n) is 4.30. The number of unbranched alkanes of at least 4 members (excludes halogenated alkanes) is 6. The summed E-state index contributed by atoms with van der Waals surface area (Å²) >= 11 is -0.944. The van der Waals surface area contributed by atoms with Gasteiger partial charge in [0.1, 0.15) is 0 Å². The second kappa shape index (κ2) is 78.7. The Morgan fingerprint density at radius 3 is 0.827 bits per heavy atom. The molecule has 0 saturated heterocycles. The molecule has 0 heterocycles. The summed E-state index contributed by atoms with van der Waals surface area (Å²) < 4.78 is 20.2. The number of ether oxygens (including phenoxy) is 1. The summed E-state index contributed by atoms with van der Waals surface area (Å²) in [5, 5.41) is 39.7. The maximum atomic E-state index is 11.1. The average Bonchev–Trinajstić information content (AvgIpc) is 2.97. The SMILES string of the molecule is CCCCCC(=O)O.CCCCCC(=O)OC(=O)CCCCC.O.O=C(O)CCC(=O)O.O=C(O)CCC(=O)O.[2H]CF.[Cl][Pt+2][Cl].[Cl][Pt+2][Cl].[NH2-].[NH2-].[NH2-].[NH2-]. The number of halogens is 5. The molecule has 0 bridgehead atoms. The van der Waals surface area contributed by atoms with E-state index in [0.29, 0.717) is 19.3 Å². The minimum absolute atomic E-state index is 0. The molecular weight excluding hydrogens is 1160 g/mol. The Hall–Kier alpha value is -1.24. The number of carboxylic acids is 5. The van der Waals surface area contributed by atoms with Crippen LogP contribution in [0.25, 0.3) is 24.6 Å². The Morgan fingerprint density at radius 1 is 0.500 bits per heavy atom. The molecule has 0 rings (SSSR count). The molecule has 0 radical (unpaired) electrons. The van der Waals surface area contributed by atoms with Gasteiger partial charge in [0.25, 0.3) is 0 Å². The molecule has 0 aromatic carbocycles. The van der Waals surface area contributed by atoms with Crippen molar-refractivity contribution < 1.29 is 108 Å². The van der Waals surface area contributed by atoms with E-state index in [1.54, 1.807) is 0 Å². The van der Waals surface area contributed by atoms with Gasteiger partial charge >= 0.3 is 112 Å². The fourth-order valence-electron chi connectivity index (χ4n) is 2.22. The normalized spacial score (nSPS) is 8.12. The summed E-state index contributed by atoms with van der Waals surface area (Å²) in [7, 11) is 18.5. The molecular formula is C27H59Cl4FN4O14Pt2. The van der Waals surface area contributed by atoms with Crippen molar-refractivity contribution >= 4 is 79.5 Å². The van der Waals surface area contributed by atoms with Crippen LogP contribution in [0.4, 0.5) is 4.39 Å². The van der Waals surface area contributed by atoms with E-state index in [4.69, 9.17) is 64.6 Å². The van der Waals surface area contributed by atoms with Crippen LogP contribution in [0.3, 0.4) is 0 Å². The van der Waals surface area contributed by atoms with Gasteiger partial charge in [0.2, 0.25) is 0 Å². The van der Waals surface area contributed by atoms with Crippen LogP contribution in [-0.4, -0.2) is 79.9 Å². The monoisotopic (exact) mass is 1210 g/mol. The molecule has 326 valence electrons. The topological polar surface area (TPSA) is 395 Å². The zero-order valence-electron chi connectivity index (χ0n) is 30.4. The molecule has 25 heteroatoms. The molecule has 0 aliphatic carbocycles. The number of rotatable bonds is 18. The van der Waals surface area contributed by atoms with Crippen molar-refractivity contribution in [1.29, 1.82) is 0 Å². The van der Waals surface area contributed by atoms with Crippen molar-refractivity contribution in [2.24, 2.45) is 0 Å². The number of aliphatic carboxylic acids is 5. The Kier molecular flexibility index (Phi) is 120. The molecule has 15 N–H and O–H groups in total. The second-order valence-corrected chi connectivity index (χ2v) is 14.8. The van der Waals surface area contributed by atoms with E-state index in [-0.39, 0.29) is 67.7 Å². The van der Waals surface area contributed by atoms with E-state index in [0.717, 1.165) is 57.8 Å². The van der Waals surface area contributed by atoms with Gasteiger partial charge in [-0.25, -0.2) is 0 Å². The molecule has 0 aliphatic rings. The van der Waals surface area contributed by atoms with Crippen molar-refractivity contribution in [3.63, 3.8) is 0 Å². The average molecular weight is 1220 g/mol. The second-order valence-electron chi connectivity index (χ2n) is 8.28. The van der Waals surface area contributed by atoms with Crippen molar-refractivity contribution in [2.45, 2.75) is 124 Å². The van der Waals surface area contributed by atoms with Crippen molar-refractivity contribution in [2.75, 3.05) is 7.15 Å². The van der Waals surface area contributed by atoms with E-state index in [1.165, 1.54) is 0 Å². The van der Waals surface area contributed by atoms with Gasteiger partial charge in [-0.3, -0.25) is 38.0 Å². The number of carboxylic acid groups (broad SMARTS) is 5. The van der Waals surface area contributed by atoms with E-state index >= 15 is 0 Å². The maximum absolute atomic E-state index is 11.1. The van der Waals surface area contributed by atoms with Gasteiger partial charge in [-0.05, 0) is 19.3 Å². The first-order chi connectivity index (χ1) is 22.5. The standard InChI is InChI=1S/C12H22O3.C6H12O2.2C4H6O4.CH3F.4ClH.4H2N.H2O.2Pt/c1-3-5-7-9-11(13)15-12(14)10-8-6-4-2;1-2-3-4-5-6(7)8;2*5-3(6)1-2-4(7)8;1-2;;;;;;;;;;;/h3-10H2,1-2H3;2-5H2,1H3,(H,7,8);2*1-2H2,(H,5,6)(H,7,8);1H3;4*1H;5*1H2;;/q;;;;;;;;;4*-1;;2*+4/p-4/i;;;;1D;;;;;;;;;;;. The first-order valence-electron chi connectivity index (χ1n) is 14.5. The van der Waals surface area contributed by atoms with Crippen LogP contribution in [0.1, 0.15) is 125 Å². The minimum Gasteiger partial charge on any atom is -0.693 e. The van der Waals surface area contributed by atoms with Crippen LogP contribution in [0.5, 0.6) is 0 Å². The molecule has 0 spiro atoms. The molecule has 0 fully saturated rings. The first kappa shape index (κ1) is 79.5. The van der Waals surface area contributed by atoms with Gasteiger partial charge < -0.3 is 60.3 Å². The van der Waals surface area contributed by atoms with Crippen LogP contribution in [-0.2, 0) is 71.3 Å². The largest absolute Gasteiger partial charge is 0.693 e. The molecule has 0 amide bonds. The molecule has 0 unspecified atom stereocenters. The summed E-state index contributed by atoms with van der Waals surface area (Å²) in [5.74, 6) is -5.73. The smallest absolute Gasteiger partial charge is 0.693 e. The van der Waals surface area contributed by atoms with Crippen LogP contribution in [0, 0.1) is 0 Å². The summed E-state index contributed by atoms with van der Waals surface area (Å²) in [4.78, 5) is 70.7. The first-order valence-corrected chi connectivity index (χ1v) is 25.1. The summed E-state index contributed by atoms with van der Waals surface area (Å²) in [6.07, 6.45) is 8.62. The molecule has 52 heavy (non-hydrogen) atoms. The number of carbonyl (C=O) groups is 7. The Labute approximate surface area is 340 Å². The van der Waals surface area contributed by atoms with Crippen LogP contribution < -0.4 is 0 Å². The van der Waals surface area contributed by atoms with Crippen molar-refractivity contribution in [1.82, 2.24) is 0 Å². The van der Waals surface area contributed by atoms with Gasteiger partial charge in [0.05, 0.1) is 34.2 Å². The predicted octanol–water partition coefficient (Wildman–Crippen LogP) is 10.1. The van der Waals surface area contributed by atoms with Crippen LogP contribution in [0.15, 0.2) is 0 Å². The molecule has 0 aliphatic heterocycles. The maximum Gasteiger partial charge on any atom is -0.693 e. The number of hydrogen-bond donors (Lipinski definition) is 5. The Balaban J connectivity index is -0.0000000392. The molecule has 0 aromatic rings. The summed E-state index contributed by atoms with van der Waals surface area (Å²) in [6.45, 7) is 6.20. The van der Waals surface area contributed by atoms with E-state index in [1.807, 2.05) is 0 Å². The quantitative estimate of drug-likeness (QED) is 0.0485. The van der Waals surface area contributed by atoms with E-state index < -0.39 is 70.0 Å². The molecule has 0 aromatic heterocycles. The van der Waals surface area contributed by atoms with Gasteiger partial charge in [-0.1, -0.05) is 59.3 Å².